The van der Waals surface area contributed by atoms with Crippen molar-refractivity contribution in [2.24, 2.45) is 0 Å². The van der Waals surface area contributed by atoms with Crippen LogP contribution in [0.15, 0.2) is 51.9 Å². The van der Waals surface area contributed by atoms with Crippen LogP contribution in [0.3, 0.4) is 0 Å². The summed E-state index contributed by atoms with van der Waals surface area (Å²) in [4.78, 5) is 38.9. The van der Waals surface area contributed by atoms with E-state index >= 15 is 0 Å². The molecule has 0 unspecified atom stereocenters. The molecule has 8 nitrogen and oxygen atoms in total. The number of benzene rings is 1. The maximum Gasteiger partial charge on any atom is 0.352 e. The van der Waals surface area contributed by atoms with Crippen LogP contribution in [0.1, 0.15) is 10.4 Å². The van der Waals surface area contributed by atoms with Crippen molar-refractivity contribution in [3.63, 3.8) is 0 Å². The molecule has 0 saturated heterocycles. The summed E-state index contributed by atoms with van der Waals surface area (Å²) in [6.45, 7) is -0.650. The highest BCUT2D eigenvalue weighted by Gasteiger charge is 2.20. The Kier molecular flexibility index (Phi) is 4.17. The summed E-state index contributed by atoms with van der Waals surface area (Å²) in [5.41, 5.74) is -0.0251. The quantitative estimate of drug-likeness (QED) is 0.654. The first-order valence-electron chi connectivity index (χ1n) is 7.17. The number of carbonyl (C=O) groups is 2. The molecular formula is C17H12N2O6. The molecule has 3 rings (SSSR count). The van der Waals surface area contributed by atoms with Gasteiger partial charge in [-0.15, -0.1) is 0 Å². The van der Waals surface area contributed by atoms with E-state index in [1.54, 1.807) is 36.7 Å². The summed E-state index contributed by atoms with van der Waals surface area (Å²) in [6, 6.07) is 8.25. The molecule has 0 saturated carbocycles. The molecular weight excluding hydrogens is 328 g/mol. The lowest BCUT2D eigenvalue weighted by atomic mass is 10.0. The minimum Gasteiger partial charge on any atom is -0.480 e. The molecule has 25 heavy (non-hydrogen) atoms. The standard InChI is InChI=1S/C17H12N2O6/c20-13(21)8-19-15(22)14-12-6-9(10-2-1-5-18-7-10)3-4-11(12)16(23)25-17(14)24/h1-7,23H,8H2,(H,19,22)(H,20,21). The minimum atomic E-state index is -1.25. The topological polar surface area (TPSA) is 130 Å². The second kappa shape index (κ2) is 6.44. The molecule has 0 aliphatic carbocycles. The number of hydrogen-bond acceptors (Lipinski definition) is 6. The lowest BCUT2D eigenvalue weighted by Gasteiger charge is -2.08. The van der Waals surface area contributed by atoms with Gasteiger partial charge in [0.15, 0.2) is 0 Å². The third-order valence-corrected chi connectivity index (χ3v) is 3.53. The number of hydrogen-bond donors (Lipinski definition) is 3. The van der Waals surface area contributed by atoms with Gasteiger partial charge in [0.1, 0.15) is 12.1 Å². The van der Waals surface area contributed by atoms with E-state index in [-0.39, 0.29) is 16.3 Å². The molecule has 0 radical (unpaired) electrons. The third-order valence-electron chi connectivity index (χ3n) is 3.53. The van der Waals surface area contributed by atoms with Crippen LogP contribution in [-0.4, -0.2) is 33.6 Å². The second-order valence-corrected chi connectivity index (χ2v) is 5.15. The van der Waals surface area contributed by atoms with Crippen LogP contribution in [0, 0.1) is 0 Å². The number of aromatic nitrogens is 1. The SMILES string of the molecule is O=C(O)CNC(=O)c1c(=O)oc(O)c2ccc(-c3cccnc3)cc12. The van der Waals surface area contributed by atoms with Crippen molar-refractivity contribution in [2.75, 3.05) is 6.54 Å². The Balaban J connectivity index is 2.19. The van der Waals surface area contributed by atoms with Crippen LogP contribution in [-0.2, 0) is 4.79 Å². The zero-order valence-electron chi connectivity index (χ0n) is 12.7. The zero-order chi connectivity index (χ0) is 18.0. The normalized spacial score (nSPS) is 10.6. The van der Waals surface area contributed by atoms with Crippen LogP contribution < -0.4 is 10.9 Å². The molecule has 0 bridgehead atoms. The number of pyridine rings is 1. The Labute approximate surface area is 140 Å². The lowest BCUT2D eigenvalue weighted by Crippen LogP contribution is -2.32. The number of aliphatic carboxylic acids is 1. The molecule has 0 spiro atoms. The highest BCUT2D eigenvalue weighted by Crippen LogP contribution is 2.29. The molecule has 2 heterocycles. The van der Waals surface area contributed by atoms with E-state index in [0.29, 0.717) is 5.56 Å². The van der Waals surface area contributed by atoms with Crippen LogP contribution in [0.25, 0.3) is 21.9 Å². The zero-order valence-corrected chi connectivity index (χ0v) is 12.7. The van der Waals surface area contributed by atoms with E-state index in [2.05, 4.69) is 14.7 Å². The van der Waals surface area contributed by atoms with E-state index in [1.807, 2.05) is 0 Å². The molecule has 0 aliphatic rings. The molecule has 3 aromatic rings. The van der Waals surface area contributed by atoms with Gasteiger partial charge in [-0.05, 0) is 23.8 Å². The summed E-state index contributed by atoms with van der Waals surface area (Å²) in [5.74, 6) is -2.77. The Hall–Kier alpha value is -3.68. The second-order valence-electron chi connectivity index (χ2n) is 5.15. The van der Waals surface area contributed by atoms with Gasteiger partial charge in [0.2, 0.25) is 0 Å². The maximum atomic E-state index is 12.2. The highest BCUT2D eigenvalue weighted by atomic mass is 16.5. The van der Waals surface area contributed by atoms with E-state index in [0.717, 1.165) is 5.56 Å². The first-order chi connectivity index (χ1) is 12.0. The Bertz CT molecular complexity index is 1030. The number of nitrogens with one attached hydrogen (secondary N) is 1. The molecule has 126 valence electrons. The van der Waals surface area contributed by atoms with Crippen molar-refractivity contribution in [2.45, 2.75) is 0 Å². The first-order valence-corrected chi connectivity index (χ1v) is 7.17. The van der Waals surface area contributed by atoms with Crippen molar-refractivity contribution >= 4 is 22.6 Å². The van der Waals surface area contributed by atoms with Crippen LogP contribution >= 0.6 is 0 Å². The number of rotatable bonds is 4. The van der Waals surface area contributed by atoms with E-state index in [4.69, 9.17) is 5.11 Å². The fourth-order valence-corrected chi connectivity index (χ4v) is 2.41. The van der Waals surface area contributed by atoms with Gasteiger partial charge in [0.25, 0.3) is 11.9 Å². The van der Waals surface area contributed by atoms with Crippen LogP contribution in [0.4, 0.5) is 0 Å². The Morgan fingerprint density at radius 2 is 1.96 bits per heavy atom. The first kappa shape index (κ1) is 16.2. The predicted molar refractivity (Wildman–Crippen MR) is 87.3 cm³/mol. The number of fused-ring (bicyclic) bond motifs is 1. The molecule has 3 N–H and O–H groups in total. The monoisotopic (exact) mass is 340 g/mol. The summed E-state index contributed by atoms with van der Waals surface area (Å²) < 4.78 is 4.67. The van der Waals surface area contributed by atoms with Gasteiger partial charge in [0, 0.05) is 23.3 Å². The number of amides is 1. The van der Waals surface area contributed by atoms with Crippen molar-refractivity contribution in [3.8, 4) is 17.1 Å². The number of aromatic hydroxyl groups is 1. The molecule has 0 atom stereocenters. The van der Waals surface area contributed by atoms with Gasteiger partial charge in [-0.3, -0.25) is 14.6 Å². The number of nitrogens with zero attached hydrogens (tertiary/aromatic N) is 1. The molecule has 0 fully saturated rings. The predicted octanol–water partition coefficient (Wildman–Crippen LogP) is 1.37. The van der Waals surface area contributed by atoms with Gasteiger partial charge in [-0.2, -0.15) is 0 Å². The largest absolute Gasteiger partial charge is 0.480 e. The van der Waals surface area contributed by atoms with Gasteiger partial charge >= 0.3 is 11.6 Å². The summed E-state index contributed by atoms with van der Waals surface area (Å²) in [5, 5.41) is 20.9. The number of carbonyl (C=O) groups excluding carboxylic acids is 1. The third kappa shape index (κ3) is 3.18. The van der Waals surface area contributed by atoms with Gasteiger partial charge in [-0.1, -0.05) is 12.1 Å². The maximum absolute atomic E-state index is 12.2. The van der Waals surface area contributed by atoms with E-state index in [1.165, 1.54) is 6.07 Å². The Morgan fingerprint density at radius 1 is 1.16 bits per heavy atom. The smallest absolute Gasteiger partial charge is 0.352 e. The summed E-state index contributed by atoms with van der Waals surface area (Å²) >= 11 is 0. The molecule has 1 amide bonds. The van der Waals surface area contributed by atoms with Crippen LogP contribution in [0.5, 0.6) is 5.95 Å². The number of carboxylic acids is 1. The van der Waals surface area contributed by atoms with Crippen molar-refractivity contribution in [3.05, 3.63) is 58.7 Å². The van der Waals surface area contributed by atoms with Crippen molar-refractivity contribution in [1.29, 1.82) is 0 Å². The van der Waals surface area contributed by atoms with Crippen molar-refractivity contribution < 1.29 is 24.2 Å². The summed E-state index contributed by atoms with van der Waals surface area (Å²) in [7, 11) is 0. The molecule has 2 aromatic heterocycles. The molecule has 1 aromatic carbocycles. The number of carboxylic acid groups (broad SMARTS) is 1. The molecule has 0 aliphatic heterocycles. The van der Waals surface area contributed by atoms with Crippen molar-refractivity contribution in [1.82, 2.24) is 10.3 Å². The highest BCUT2D eigenvalue weighted by molar-refractivity contribution is 6.08. The fraction of sp³-hybridized carbons (Fsp3) is 0.0588. The molecule has 8 heteroatoms. The minimum absolute atomic E-state index is 0.151. The average molecular weight is 340 g/mol. The lowest BCUT2D eigenvalue weighted by molar-refractivity contribution is -0.135. The van der Waals surface area contributed by atoms with Gasteiger partial charge < -0.3 is 19.9 Å². The Morgan fingerprint density at radius 3 is 2.64 bits per heavy atom. The average Bonchev–Trinajstić information content (AvgIpc) is 2.60. The van der Waals surface area contributed by atoms with Crippen LogP contribution in [0.2, 0.25) is 0 Å². The van der Waals surface area contributed by atoms with Gasteiger partial charge in [0.05, 0.1) is 5.39 Å². The van der Waals surface area contributed by atoms with E-state index < -0.39 is 30.0 Å². The van der Waals surface area contributed by atoms with Gasteiger partial charge in [-0.25, -0.2) is 4.79 Å². The fourth-order valence-electron chi connectivity index (χ4n) is 2.41. The summed E-state index contributed by atoms with van der Waals surface area (Å²) in [6.07, 6.45) is 3.21. The van der Waals surface area contributed by atoms with E-state index in [9.17, 15) is 19.5 Å².